The van der Waals surface area contributed by atoms with Gasteiger partial charge in [-0.05, 0) is 30.9 Å². The Kier molecular flexibility index (Phi) is 4.25. The lowest BCUT2D eigenvalue weighted by Crippen LogP contribution is -2.21. The topological polar surface area (TPSA) is 12.0 Å². The lowest BCUT2D eigenvalue weighted by molar-refractivity contribution is 0.620. The van der Waals surface area contributed by atoms with Gasteiger partial charge < -0.3 is 5.32 Å². The highest BCUT2D eigenvalue weighted by Crippen LogP contribution is 2.06. The minimum Gasteiger partial charge on any atom is -0.301 e. The zero-order chi connectivity index (χ0) is 9.68. The van der Waals surface area contributed by atoms with Crippen molar-refractivity contribution in [3.63, 3.8) is 0 Å². The van der Waals surface area contributed by atoms with Gasteiger partial charge in [0.05, 0.1) is 5.37 Å². The summed E-state index contributed by atoms with van der Waals surface area (Å²) in [6, 6.07) is 6.67. The van der Waals surface area contributed by atoms with Crippen LogP contribution >= 0.6 is 11.8 Å². The van der Waals surface area contributed by atoms with Crippen molar-refractivity contribution in [1.29, 1.82) is 0 Å². The first-order valence-corrected chi connectivity index (χ1v) is 5.52. The predicted octanol–water partition coefficient (Wildman–Crippen LogP) is 2.62. The van der Waals surface area contributed by atoms with Crippen LogP contribution in [0.1, 0.15) is 12.5 Å². The Balaban J connectivity index is 2.45. The van der Waals surface area contributed by atoms with E-state index >= 15 is 0 Å². The van der Waals surface area contributed by atoms with Gasteiger partial charge in [-0.25, -0.2) is 4.39 Å². The van der Waals surface area contributed by atoms with E-state index in [1.54, 1.807) is 23.9 Å². The third-order valence-corrected chi connectivity index (χ3v) is 2.71. The lowest BCUT2D eigenvalue weighted by Gasteiger charge is -2.10. The fourth-order valence-corrected chi connectivity index (χ4v) is 1.24. The predicted molar refractivity (Wildman–Crippen MR) is 56.2 cm³/mol. The molecule has 0 aliphatic heterocycles. The Bertz CT molecular complexity index is 265. The van der Waals surface area contributed by atoms with Crippen molar-refractivity contribution in [2.24, 2.45) is 0 Å². The third-order valence-electron chi connectivity index (χ3n) is 1.84. The van der Waals surface area contributed by atoms with Gasteiger partial charge in [-0.3, -0.25) is 0 Å². The summed E-state index contributed by atoms with van der Waals surface area (Å²) in [5.41, 5.74) is 0.987. The number of rotatable bonds is 4. The molecule has 1 rings (SSSR count). The number of benzene rings is 1. The first-order valence-electron chi connectivity index (χ1n) is 4.23. The van der Waals surface area contributed by atoms with E-state index in [1.165, 1.54) is 6.07 Å². The zero-order valence-electron chi connectivity index (χ0n) is 7.88. The van der Waals surface area contributed by atoms with Crippen molar-refractivity contribution in [2.75, 3.05) is 6.26 Å². The van der Waals surface area contributed by atoms with E-state index in [4.69, 9.17) is 0 Å². The standard InChI is InChI=1S/C10H14FNS/c1-8(13-2)12-7-9-4-3-5-10(11)6-9/h3-6,8,12H,7H2,1-2H3/t8-/m0/s1. The fraction of sp³-hybridized carbons (Fsp3) is 0.400. The molecule has 0 radical (unpaired) electrons. The Labute approximate surface area is 82.7 Å². The molecule has 13 heavy (non-hydrogen) atoms. The van der Waals surface area contributed by atoms with Crippen LogP contribution in [0.2, 0.25) is 0 Å². The largest absolute Gasteiger partial charge is 0.301 e. The maximum atomic E-state index is 12.7. The van der Waals surface area contributed by atoms with Crippen LogP contribution in [0.3, 0.4) is 0 Å². The van der Waals surface area contributed by atoms with Crippen molar-refractivity contribution in [2.45, 2.75) is 18.8 Å². The summed E-state index contributed by atoms with van der Waals surface area (Å²) in [5.74, 6) is -0.170. The molecule has 1 nitrogen and oxygen atoms in total. The van der Waals surface area contributed by atoms with Gasteiger partial charge in [0.1, 0.15) is 5.82 Å². The number of hydrogen-bond acceptors (Lipinski definition) is 2. The summed E-state index contributed by atoms with van der Waals surface area (Å²) in [6.07, 6.45) is 2.04. The molecule has 0 heterocycles. The van der Waals surface area contributed by atoms with E-state index < -0.39 is 0 Å². The quantitative estimate of drug-likeness (QED) is 0.748. The monoisotopic (exact) mass is 199 g/mol. The Hall–Kier alpha value is -0.540. The molecular weight excluding hydrogens is 185 g/mol. The molecule has 0 amide bonds. The molecule has 0 aliphatic rings. The average Bonchev–Trinajstić information content (AvgIpc) is 2.14. The number of hydrogen-bond donors (Lipinski definition) is 1. The first kappa shape index (κ1) is 10.5. The summed E-state index contributed by atoms with van der Waals surface area (Å²) in [5, 5.41) is 3.68. The zero-order valence-corrected chi connectivity index (χ0v) is 8.70. The van der Waals surface area contributed by atoms with E-state index in [9.17, 15) is 4.39 Å². The summed E-state index contributed by atoms with van der Waals surface area (Å²) in [4.78, 5) is 0. The molecule has 0 saturated heterocycles. The number of thioether (sulfide) groups is 1. The smallest absolute Gasteiger partial charge is 0.123 e. The molecule has 1 atom stereocenters. The second-order valence-electron chi connectivity index (χ2n) is 2.89. The Morgan fingerprint density at radius 3 is 2.92 bits per heavy atom. The molecule has 0 aliphatic carbocycles. The van der Waals surface area contributed by atoms with Gasteiger partial charge in [0.15, 0.2) is 0 Å². The summed E-state index contributed by atoms with van der Waals surface area (Å²) >= 11 is 1.74. The van der Waals surface area contributed by atoms with Crippen molar-refractivity contribution in [1.82, 2.24) is 5.32 Å². The summed E-state index contributed by atoms with van der Waals surface area (Å²) in [6.45, 7) is 2.81. The molecule has 0 aromatic heterocycles. The highest BCUT2D eigenvalue weighted by atomic mass is 32.2. The highest BCUT2D eigenvalue weighted by Gasteiger charge is 1.98. The van der Waals surface area contributed by atoms with Crippen molar-refractivity contribution in [3.8, 4) is 0 Å². The van der Waals surface area contributed by atoms with Crippen LogP contribution < -0.4 is 5.32 Å². The van der Waals surface area contributed by atoms with E-state index in [2.05, 4.69) is 12.2 Å². The molecule has 0 fully saturated rings. The lowest BCUT2D eigenvalue weighted by atomic mass is 10.2. The average molecular weight is 199 g/mol. The SMILES string of the molecule is CS[C@@H](C)NCc1cccc(F)c1. The van der Waals surface area contributed by atoms with Gasteiger partial charge in [0, 0.05) is 6.54 Å². The van der Waals surface area contributed by atoms with E-state index in [-0.39, 0.29) is 5.82 Å². The van der Waals surface area contributed by atoms with Crippen LogP contribution in [0, 0.1) is 5.82 Å². The maximum absolute atomic E-state index is 12.7. The molecule has 72 valence electrons. The maximum Gasteiger partial charge on any atom is 0.123 e. The second-order valence-corrected chi connectivity index (χ2v) is 4.07. The van der Waals surface area contributed by atoms with E-state index in [0.29, 0.717) is 5.37 Å². The van der Waals surface area contributed by atoms with Gasteiger partial charge >= 0.3 is 0 Å². The fourth-order valence-electron chi connectivity index (χ4n) is 0.992. The molecule has 1 N–H and O–H groups in total. The Morgan fingerprint density at radius 1 is 1.54 bits per heavy atom. The van der Waals surface area contributed by atoms with Gasteiger partial charge in [0.2, 0.25) is 0 Å². The summed E-state index contributed by atoms with van der Waals surface area (Å²) in [7, 11) is 0. The molecule has 0 bridgehead atoms. The van der Waals surface area contributed by atoms with E-state index in [1.807, 2.05) is 12.3 Å². The normalized spacial score (nSPS) is 12.8. The van der Waals surface area contributed by atoms with Crippen LogP contribution in [0.25, 0.3) is 0 Å². The third kappa shape index (κ3) is 3.79. The highest BCUT2D eigenvalue weighted by molar-refractivity contribution is 7.99. The van der Waals surface area contributed by atoms with Crippen LogP contribution in [-0.2, 0) is 6.54 Å². The molecule has 0 unspecified atom stereocenters. The van der Waals surface area contributed by atoms with Crippen molar-refractivity contribution in [3.05, 3.63) is 35.6 Å². The molecule has 0 spiro atoms. The van der Waals surface area contributed by atoms with Crippen LogP contribution in [-0.4, -0.2) is 11.6 Å². The van der Waals surface area contributed by atoms with E-state index in [0.717, 1.165) is 12.1 Å². The minimum atomic E-state index is -0.170. The van der Waals surface area contributed by atoms with Crippen LogP contribution in [0.5, 0.6) is 0 Å². The van der Waals surface area contributed by atoms with Gasteiger partial charge in [0.25, 0.3) is 0 Å². The molecule has 1 aromatic carbocycles. The Morgan fingerprint density at radius 2 is 2.31 bits per heavy atom. The molecule has 0 saturated carbocycles. The molecule has 1 aromatic rings. The number of nitrogens with one attached hydrogen (secondary N) is 1. The molecule has 3 heteroatoms. The van der Waals surface area contributed by atoms with Crippen LogP contribution in [0.4, 0.5) is 4.39 Å². The number of halogens is 1. The van der Waals surface area contributed by atoms with Crippen molar-refractivity contribution < 1.29 is 4.39 Å². The second kappa shape index (κ2) is 5.25. The van der Waals surface area contributed by atoms with Gasteiger partial charge in [-0.1, -0.05) is 12.1 Å². The van der Waals surface area contributed by atoms with Crippen LogP contribution in [0.15, 0.2) is 24.3 Å². The first-order chi connectivity index (χ1) is 6.22. The van der Waals surface area contributed by atoms with Gasteiger partial charge in [-0.2, -0.15) is 0 Å². The van der Waals surface area contributed by atoms with Crippen molar-refractivity contribution >= 4 is 11.8 Å². The molecular formula is C10H14FNS. The minimum absolute atomic E-state index is 0.170. The van der Waals surface area contributed by atoms with Gasteiger partial charge in [-0.15, -0.1) is 11.8 Å². The summed E-state index contributed by atoms with van der Waals surface area (Å²) < 4.78 is 12.7.